The van der Waals surface area contributed by atoms with E-state index < -0.39 is 5.82 Å². The maximum Gasteiger partial charge on any atom is 0.168 e. The van der Waals surface area contributed by atoms with Gasteiger partial charge in [0.25, 0.3) is 0 Å². The first kappa shape index (κ1) is 9.42. The number of hydrogen-bond donors (Lipinski definition) is 2. The number of nitrogens with zero attached hydrogens (tertiary/aromatic N) is 1. The minimum Gasteiger partial charge on any atom is -0.376 e. The average molecular weight is 195 g/mol. The molecule has 0 atom stereocenters. The van der Waals surface area contributed by atoms with Crippen LogP contribution in [0.5, 0.6) is 0 Å². The highest BCUT2D eigenvalue weighted by Gasteiger charge is 2.07. The Morgan fingerprint density at radius 1 is 1.62 bits per heavy atom. The Balaban J connectivity index is 3.17. The zero-order valence-electron chi connectivity index (χ0n) is 6.54. The molecule has 0 aromatic heterocycles. The number of anilines is 1. The highest BCUT2D eigenvalue weighted by atomic mass is 32.1. The third-order valence-electron chi connectivity index (χ3n) is 1.38. The van der Waals surface area contributed by atoms with Crippen molar-refractivity contribution in [2.75, 3.05) is 5.32 Å². The van der Waals surface area contributed by atoms with E-state index in [0.29, 0.717) is 0 Å². The maximum atomic E-state index is 13.1. The summed E-state index contributed by atoms with van der Waals surface area (Å²) in [4.78, 5) is 0. The molecule has 13 heavy (non-hydrogen) atoms. The molecule has 1 aromatic carbocycles. The van der Waals surface area contributed by atoms with E-state index in [2.05, 4.69) is 17.5 Å². The number of nitriles is 1. The molecule has 0 saturated carbocycles. The molecule has 0 spiro atoms. The summed E-state index contributed by atoms with van der Waals surface area (Å²) in [6.45, 7) is 0. The molecule has 0 unspecified atom stereocenters. The summed E-state index contributed by atoms with van der Waals surface area (Å²) in [5.41, 5.74) is 5.36. The molecule has 5 heteroatoms. The molecule has 66 valence electrons. The van der Waals surface area contributed by atoms with Crippen LogP contribution < -0.4 is 11.1 Å². The topological polar surface area (TPSA) is 61.8 Å². The largest absolute Gasteiger partial charge is 0.376 e. The third-order valence-corrected chi connectivity index (χ3v) is 1.48. The van der Waals surface area contributed by atoms with Gasteiger partial charge in [-0.15, -0.1) is 0 Å². The van der Waals surface area contributed by atoms with Crippen molar-refractivity contribution in [2.45, 2.75) is 0 Å². The molecular formula is C8H6FN3S. The van der Waals surface area contributed by atoms with Gasteiger partial charge in [-0.1, -0.05) is 6.07 Å². The van der Waals surface area contributed by atoms with Gasteiger partial charge >= 0.3 is 0 Å². The van der Waals surface area contributed by atoms with Crippen LogP contribution in [0.1, 0.15) is 5.56 Å². The monoisotopic (exact) mass is 195 g/mol. The highest BCUT2D eigenvalue weighted by Crippen LogP contribution is 2.18. The molecule has 1 aromatic rings. The molecule has 3 N–H and O–H groups in total. The molecular weight excluding hydrogens is 189 g/mol. The van der Waals surface area contributed by atoms with Crippen molar-refractivity contribution in [2.24, 2.45) is 5.73 Å². The number of nitrogens with one attached hydrogen (secondary N) is 1. The summed E-state index contributed by atoms with van der Waals surface area (Å²) in [5, 5.41) is 11.0. The smallest absolute Gasteiger partial charge is 0.168 e. The normalized spacial score (nSPS) is 8.92. The van der Waals surface area contributed by atoms with Crippen LogP contribution in [0.4, 0.5) is 10.1 Å². The number of benzene rings is 1. The van der Waals surface area contributed by atoms with Crippen molar-refractivity contribution < 1.29 is 4.39 Å². The fourth-order valence-electron chi connectivity index (χ4n) is 0.868. The first-order valence-electron chi connectivity index (χ1n) is 3.40. The molecule has 0 heterocycles. The van der Waals surface area contributed by atoms with Gasteiger partial charge in [0.15, 0.2) is 5.11 Å². The number of thiocarbonyl (C=S) groups is 1. The van der Waals surface area contributed by atoms with Gasteiger partial charge in [0, 0.05) is 0 Å². The Morgan fingerprint density at radius 3 is 2.85 bits per heavy atom. The Hall–Kier alpha value is -1.67. The van der Waals surface area contributed by atoms with Gasteiger partial charge in [-0.3, -0.25) is 0 Å². The predicted molar refractivity (Wildman–Crippen MR) is 51.5 cm³/mol. The maximum absolute atomic E-state index is 13.1. The standard InChI is InChI=1S/C8H6FN3S/c9-6-3-1-2-5(4-10)7(6)12-8(11)13/h1-3H,(H3,11,12,13). The van der Waals surface area contributed by atoms with Crippen LogP contribution in [0.25, 0.3) is 0 Å². The minimum atomic E-state index is -0.549. The van der Waals surface area contributed by atoms with Crippen molar-refractivity contribution >= 4 is 23.0 Å². The first-order valence-corrected chi connectivity index (χ1v) is 3.81. The van der Waals surface area contributed by atoms with Crippen LogP contribution in [0.15, 0.2) is 18.2 Å². The van der Waals surface area contributed by atoms with Crippen molar-refractivity contribution in [1.82, 2.24) is 0 Å². The SMILES string of the molecule is N#Cc1cccc(F)c1NC(N)=S. The summed E-state index contributed by atoms with van der Waals surface area (Å²) >= 11 is 4.54. The average Bonchev–Trinajstić information content (AvgIpc) is 2.08. The second-order valence-corrected chi connectivity index (χ2v) is 2.70. The van der Waals surface area contributed by atoms with Crippen molar-refractivity contribution in [3.8, 4) is 6.07 Å². The van der Waals surface area contributed by atoms with Crippen molar-refractivity contribution in [3.05, 3.63) is 29.6 Å². The van der Waals surface area contributed by atoms with Gasteiger partial charge in [0.2, 0.25) is 0 Å². The summed E-state index contributed by atoms with van der Waals surface area (Å²) < 4.78 is 13.1. The van der Waals surface area contributed by atoms with E-state index in [0.717, 1.165) is 0 Å². The van der Waals surface area contributed by atoms with E-state index >= 15 is 0 Å². The summed E-state index contributed by atoms with van der Waals surface area (Å²) in [6.07, 6.45) is 0. The first-order chi connectivity index (χ1) is 6.15. The lowest BCUT2D eigenvalue weighted by atomic mass is 10.2. The Bertz CT molecular complexity index is 383. The van der Waals surface area contributed by atoms with E-state index in [9.17, 15) is 4.39 Å². The molecule has 0 amide bonds. The van der Waals surface area contributed by atoms with Crippen LogP contribution in [-0.2, 0) is 0 Å². The van der Waals surface area contributed by atoms with Crippen molar-refractivity contribution in [3.63, 3.8) is 0 Å². The number of rotatable bonds is 1. The second-order valence-electron chi connectivity index (χ2n) is 2.26. The van der Waals surface area contributed by atoms with Crippen LogP contribution in [-0.4, -0.2) is 5.11 Å². The number of hydrogen-bond acceptors (Lipinski definition) is 2. The van der Waals surface area contributed by atoms with E-state index in [1.54, 1.807) is 0 Å². The summed E-state index contributed by atoms with van der Waals surface area (Å²) in [6, 6.07) is 5.97. The number of halogens is 1. The summed E-state index contributed by atoms with van der Waals surface area (Å²) in [7, 11) is 0. The third kappa shape index (κ3) is 2.13. The molecule has 1 rings (SSSR count). The van der Waals surface area contributed by atoms with Crippen LogP contribution >= 0.6 is 12.2 Å². The lowest BCUT2D eigenvalue weighted by Crippen LogP contribution is -2.20. The Morgan fingerprint density at radius 2 is 2.31 bits per heavy atom. The molecule has 0 saturated heterocycles. The van der Waals surface area contributed by atoms with E-state index in [-0.39, 0.29) is 16.4 Å². The van der Waals surface area contributed by atoms with Gasteiger partial charge in [0.05, 0.1) is 11.3 Å². The number of para-hydroxylation sites is 1. The zero-order chi connectivity index (χ0) is 9.84. The Labute approximate surface area is 80.0 Å². The fraction of sp³-hybridized carbons (Fsp3) is 0. The van der Waals surface area contributed by atoms with E-state index in [4.69, 9.17) is 11.0 Å². The number of nitrogens with two attached hydrogens (primary N) is 1. The lowest BCUT2D eigenvalue weighted by molar-refractivity contribution is 0.632. The van der Waals surface area contributed by atoms with Gasteiger partial charge in [0.1, 0.15) is 11.9 Å². The molecule has 0 bridgehead atoms. The van der Waals surface area contributed by atoms with Crippen LogP contribution in [0, 0.1) is 17.1 Å². The van der Waals surface area contributed by atoms with Crippen LogP contribution in [0.3, 0.4) is 0 Å². The molecule has 0 aliphatic rings. The molecule has 0 fully saturated rings. The highest BCUT2D eigenvalue weighted by molar-refractivity contribution is 7.80. The fourth-order valence-corrected chi connectivity index (χ4v) is 0.970. The molecule has 0 aliphatic heterocycles. The van der Waals surface area contributed by atoms with E-state index in [1.165, 1.54) is 18.2 Å². The second kappa shape index (κ2) is 3.83. The van der Waals surface area contributed by atoms with Crippen LogP contribution in [0.2, 0.25) is 0 Å². The van der Waals surface area contributed by atoms with Gasteiger partial charge < -0.3 is 11.1 Å². The van der Waals surface area contributed by atoms with E-state index in [1.807, 2.05) is 6.07 Å². The zero-order valence-corrected chi connectivity index (χ0v) is 7.36. The molecule has 0 aliphatic carbocycles. The Kier molecular flexibility index (Phi) is 2.77. The summed E-state index contributed by atoms with van der Waals surface area (Å²) in [5.74, 6) is -0.549. The lowest BCUT2D eigenvalue weighted by Gasteiger charge is -2.06. The van der Waals surface area contributed by atoms with Gasteiger partial charge in [-0.2, -0.15) is 5.26 Å². The van der Waals surface area contributed by atoms with Gasteiger partial charge in [-0.25, -0.2) is 4.39 Å². The molecule has 3 nitrogen and oxygen atoms in total. The van der Waals surface area contributed by atoms with Crippen molar-refractivity contribution in [1.29, 1.82) is 5.26 Å². The minimum absolute atomic E-state index is 0.0255. The quantitative estimate of drug-likeness (QED) is 0.664. The van der Waals surface area contributed by atoms with Gasteiger partial charge in [-0.05, 0) is 24.4 Å². The predicted octanol–water partition coefficient (Wildman–Crippen LogP) is 1.35. The molecule has 0 radical (unpaired) electrons.